The summed E-state index contributed by atoms with van der Waals surface area (Å²) in [7, 11) is 0. The number of aromatic nitrogens is 1. The van der Waals surface area contributed by atoms with Gasteiger partial charge in [0.25, 0.3) is 0 Å². The van der Waals surface area contributed by atoms with Gasteiger partial charge in [-0.3, -0.25) is 4.79 Å². The zero-order valence-corrected chi connectivity index (χ0v) is 17.7. The molecule has 1 fully saturated rings. The van der Waals surface area contributed by atoms with E-state index < -0.39 is 11.2 Å². The molecule has 2 heterocycles. The Labute approximate surface area is 179 Å². The smallest absolute Gasteiger partial charge is 0.235 e. The van der Waals surface area contributed by atoms with E-state index in [2.05, 4.69) is 17.0 Å². The Kier molecular flexibility index (Phi) is 7.03. The van der Waals surface area contributed by atoms with Crippen LogP contribution in [-0.4, -0.2) is 35.5 Å². The summed E-state index contributed by atoms with van der Waals surface area (Å²) in [4.78, 5) is 19.0. The molecule has 0 aliphatic carbocycles. The SMILES string of the molecule is CCc1c(C#N)c(SC(C(N)=O)c2ccccc2)nc(N2CCSCC2)c1C#N. The van der Waals surface area contributed by atoms with E-state index in [-0.39, 0.29) is 0 Å². The quantitative estimate of drug-likeness (QED) is 0.711. The van der Waals surface area contributed by atoms with Crippen molar-refractivity contribution in [2.45, 2.75) is 23.6 Å². The summed E-state index contributed by atoms with van der Waals surface area (Å²) in [5.74, 6) is 2.03. The largest absolute Gasteiger partial charge is 0.368 e. The second-order valence-electron chi connectivity index (χ2n) is 6.46. The van der Waals surface area contributed by atoms with Crippen molar-refractivity contribution in [1.82, 2.24) is 4.98 Å². The topological polar surface area (TPSA) is 107 Å². The first kappa shape index (κ1) is 21.0. The second kappa shape index (κ2) is 9.69. The van der Waals surface area contributed by atoms with E-state index in [1.807, 2.05) is 49.0 Å². The monoisotopic (exact) mass is 423 g/mol. The molecule has 0 radical (unpaired) electrons. The minimum Gasteiger partial charge on any atom is -0.368 e. The molecule has 1 amide bonds. The summed E-state index contributed by atoms with van der Waals surface area (Å²) >= 11 is 3.05. The van der Waals surface area contributed by atoms with Gasteiger partial charge in [0.2, 0.25) is 5.91 Å². The lowest BCUT2D eigenvalue weighted by atomic mass is 10.0. The lowest BCUT2D eigenvalue weighted by molar-refractivity contribution is -0.117. The van der Waals surface area contributed by atoms with Gasteiger partial charge in [-0.05, 0) is 17.5 Å². The number of hydrogen-bond donors (Lipinski definition) is 1. The minimum absolute atomic E-state index is 0.353. The zero-order valence-electron chi connectivity index (χ0n) is 16.1. The van der Waals surface area contributed by atoms with E-state index in [0.717, 1.165) is 30.2 Å². The Morgan fingerprint density at radius 1 is 1.24 bits per heavy atom. The summed E-state index contributed by atoms with van der Waals surface area (Å²) in [5.41, 5.74) is 7.92. The van der Waals surface area contributed by atoms with Gasteiger partial charge in [-0.25, -0.2) is 4.98 Å². The predicted octanol–water partition coefficient (Wildman–Crippen LogP) is 3.26. The maximum atomic E-state index is 12.2. The highest BCUT2D eigenvalue weighted by Crippen LogP contribution is 2.39. The molecule has 148 valence electrons. The molecular weight excluding hydrogens is 402 g/mol. The summed E-state index contributed by atoms with van der Waals surface area (Å²) < 4.78 is 0. The molecule has 6 nitrogen and oxygen atoms in total. The van der Waals surface area contributed by atoms with Gasteiger partial charge < -0.3 is 10.6 Å². The van der Waals surface area contributed by atoms with Crippen molar-refractivity contribution in [3.05, 3.63) is 52.6 Å². The van der Waals surface area contributed by atoms with Crippen LogP contribution in [0.1, 0.15) is 34.4 Å². The Morgan fingerprint density at radius 2 is 1.90 bits per heavy atom. The number of nitriles is 2. The normalized spacial score (nSPS) is 14.7. The zero-order chi connectivity index (χ0) is 20.8. The third-order valence-corrected chi connectivity index (χ3v) is 6.93. The first-order chi connectivity index (χ1) is 14.1. The highest BCUT2D eigenvalue weighted by atomic mass is 32.2. The van der Waals surface area contributed by atoms with Crippen molar-refractivity contribution in [2.75, 3.05) is 29.5 Å². The standard InChI is InChI=1S/C21H21N5OS2/c1-2-15-16(12-22)20(26-8-10-28-11-9-26)25-21(17(15)13-23)29-18(19(24)27)14-6-4-3-5-7-14/h3-7,18H,2,8-11H2,1H3,(H2,24,27). The number of nitrogens with two attached hydrogens (primary N) is 1. The first-order valence-corrected chi connectivity index (χ1v) is 11.3. The molecule has 1 saturated heterocycles. The van der Waals surface area contributed by atoms with Crippen molar-refractivity contribution in [3.63, 3.8) is 0 Å². The van der Waals surface area contributed by atoms with Crippen molar-refractivity contribution < 1.29 is 4.79 Å². The molecule has 8 heteroatoms. The number of anilines is 1. The fourth-order valence-electron chi connectivity index (χ4n) is 3.30. The van der Waals surface area contributed by atoms with Gasteiger partial charge >= 0.3 is 0 Å². The van der Waals surface area contributed by atoms with Crippen molar-refractivity contribution in [2.24, 2.45) is 5.73 Å². The highest BCUT2D eigenvalue weighted by molar-refractivity contribution is 8.00. The maximum absolute atomic E-state index is 12.2. The molecule has 2 N–H and O–H groups in total. The summed E-state index contributed by atoms with van der Waals surface area (Å²) in [6.07, 6.45) is 0.532. The Balaban J connectivity index is 2.13. The number of nitrogens with zero attached hydrogens (tertiary/aromatic N) is 4. The molecule has 1 unspecified atom stereocenters. The average Bonchev–Trinajstić information content (AvgIpc) is 2.77. The number of rotatable bonds is 6. The number of primary amides is 1. The van der Waals surface area contributed by atoms with Gasteiger partial charge in [-0.15, -0.1) is 0 Å². The molecule has 1 aromatic carbocycles. The number of benzene rings is 1. The van der Waals surface area contributed by atoms with Gasteiger partial charge in [-0.2, -0.15) is 22.3 Å². The van der Waals surface area contributed by atoms with Crippen LogP contribution in [0.3, 0.4) is 0 Å². The van der Waals surface area contributed by atoms with Crippen LogP contribution in [0.2, 0.25) is 0 Å². The van der Waals surface area contributed by atoms with Gasteiger partial charge in [-0.1, -0.05) is 49.0 Å². The molecule has 1 aliphatic heterocycles. The molecule has 1 aromatic heterocycles. The molecule has 1 aliphatic rings. The van der Waals surface area contributed by atoms with Crippen molar-refractivity contribution in [3.8, 4) is 12.1 Å². The third kappa shape index (κ3) is 4.50. The number of carbonyl (C=O) groups is 1. The van der Waals surface area contributed by atoms with Gasteiger partial charge in [0.1, 0.15) is 28.2 Å². The summed E-state index contributed by atoms with van der Waals surface area (Å²) in [6, 6.07) is 13.7. The van der Waals surface area contributed by atoms with Gasteiger partial charge in [0.15, 0.2) is 0 Å². The molecule has 0 spiro atoms. The molecule has 0 bridgehead atoms. The molecule has 0 saturated carbocycles. The van der Waals surface area contributed by atoms with E-state index in [0.29, 0.717) is 34.0 Å². The summed E-state index contributed by atoms with van der Waals surface area (Å²) in [6.45, 7) is 3.51. The Morgan fingerprint density at radius 3 is 2.45 bits per heavy atom. The molecule has 1 atom stereocenters. The second-order valence-corrected chi connectivity index (χ2v) is 8.78. The van der Waals surface area contributed by atoms with E-state index in [4.69, 9.17) is 10.7 Å². The van der Waals surface area contributed by atoms with E-state index in [1.54, 1.807) is 0 Å². The van der Waals surface area contributed by atoms with E-state index >= 15 is 0 Å². The molecule has 29 heavy (non-hydrogen) atoms. The van der Waals surface area contributed by atoms with Gasteiger partial charge in [0.05, 0.1) is 11.1 Å². The van der Waals surface area contributed by atoms with Crippen LogP contribution in [0.4, 0.5) is 5.82 Å². The highest BCUT2D eigenvalue weighted by Gasteiger charge is 2.27. The van der Waals surface area contributed by atoms with Crippen LogP contribution in [-0.2, 0) is 11.2 Å². The fourth-order valence-corrected chi connectivity index (χ4v) is 5.26. The third-order valence-electron chi connectivity index (χ3n) is 4.73. The van der Waals surface area contributed by atoms with Crippen LogP contribution in [0, 0.1) is 22.7 Å². The lowest BCUT2D eigenvalue weighted by Gasteiger charge is -2.29. The minimum atomic E-state index is -0.668. The first-order valence-electron chi connectivity index (χ1n) is 9.31. The molecular formula is C21H21N5OS2. The molecule has 3 rings (SSSR count). The Bertz CT molecular complexity index is 975. The van der Waals surface area contributed by atoms with Crippen LogP contribution in [0.25, 0.3) is 0 Å². The average molecular weight is 424 g/mol. The fraction of sp³-hybridized carbons (Fsp3) is 0.333. The number of thioether (sulfide) groups is 2. The van der Waals surface area contributed by atoms with Crippen LogP contribution < -0.4 is 10.6 Å². The Hall–Kier alpha value is -2.68. The van der Waals surface area contributed by atoms with E-state index in [9.17, 15) is 15.3 Å². The number of carbonyl (C=O) groups excluding carboxylic acids is 1. The lowest BCUT2D eigenvalue weighted by Crippen LogP contribution is -2.34. The number of pyridine rings is 1. The summed E-state index contributed by atoms with van der Waals surface area (Å²) in [5, 5.41) is 19.4. The molecule has 2 aromatic rings. The maximum Gasteiger partial charge on any atom is 0.235 e. The number of amides is 1. The number of hydrogen-bond acceptors (Lipinski definition) is 7. The van der Waals surface area contributed by atoms with E-state index in [1.165, 1.54) is 11.8 Å². The van der Waals surface area contributed by atoms with Crippen molar-refractivity contribution in [1.29, 1.82) is 10.5 Å². The van der Waals surface area contributed by atoms with Crippen LogP contribution >= 0.6 is 23.5 Å². The van der Waals surface area contributed by atoms with Crippen LogP contribution in [0.15, 0.2) is 35.4 Å². The van der Waals surface area contributed by atoms with Crippen LogP contribution in [0.5, 0.6) is 0 Å². The predicted molar refractivity (Wildman–Crippen MR) is 117 cm³/mol. The van der Waals surface area contributed by atoms with Crippen molar-refractivity contribution >= 4 is 35.2 Å². The van der Waals surface area contributed by atoms with Gasteiger partial charge in [0, 0.05) is 24.6 Å².